The van der Waals surface area contributed by atoms with E-state index in [2.05, 4.69) is 5.32 Å². The van der Waals surface area contributed by atoms with Gasteiger partial charge in [-0.25, -0.2) is 0 Å². The third-order valence-electron chi connectivity index (χ3n) is 2.38. The highest BCUT2D eigenvalue weighted by Crippen LogP contribution is 1.92. The predicted molar refractivity (Wildman–Crippen MR) is 64.6 cm³/mol. The monoisotopic (exact) mass is 224 g/mol. The van der Waals surface area contributed by atoms with Gasteiger partial charge in [0.1, 0.15) is 0 Å². The molecular formula is C12H20N2O2. The van der Waals surface area contributed by atoms with Crippen molar-refractivity contribution >= 4 is 0 Å². The first-order valence-corrected chi connectivity index (χ1v) is 5.58. The molecule has 90 valence electrons. The minimum absolute atomic E-state index is 0.0360. The van der Waals surface area contributed by atoms with Gasteiger partial charge in [-0.05, 0) is 13.0 Å². The summed E-state index contributed by atoms with van der Waals surface area (Å²) in [6, 6.07) is 3.93. The third kappa shape index (κ3) is 3.79. The Morgan fingerprint density at radius 1 is 1.50 bits per heavy atom. The van der Waals surface area contributed by atoms with Gasteiger partial charge in [0.2, 0.25) is 0 Å². The van der Waals surface area contributed by atoms with Gasteiger partial charge < -0.3 is 15.0 Å². The lowest BCUT2D eigenvalue weighted by Gasteiger charge is -2.15. The molecule has 0 aliphatic carbocycles. The average Bonchev–Trinajstić information content (AvgIpc) is 2.22. The second-order valence-corrected chi connectivity index (χ2v) is 4.37. The number of aryl methyl sites for hydroxylation is 1. The lowest BCUT2D eigenvalue weighted by atomic mass is 10.2. The standard InChI is InChI=1S/C12H20N2O2/c1-9(2)13-7-11(15)8-14-6-4-5-10(3)12(14)16/h4-6,9,11,13,15H,7-8H2,1-3H3. The smallest absolute Gasteiger partial charge is 0.253 e. The summed E-state index contributed by atoms with van der Waals surface area (Å²) in [5, 5.41) is 12.9. The van der Waals surface area contributed by atoms with Crippen LogP contribution >= 0.6 is 0 Å². The Hall–Kier alpha value is -1.13. The highest BCUT2D eigenvalue weighted by molar-refractivity contribution is 5.07. The molecule has 1 heterocycles. The molecule has 0 fully saturated rings. The molecule has 0 saturated carbocycles. The number of hydrogen-bond donors (Lipinski definition) is 2. The van der Waals surface area contributed by atoms with Crippen LogP contribution in [0.3, 0.4) is 0 Å². The van der Waals surface area contributed by atoms with Crippen molar-refractivity contribution in [2.75, 3.05) is 6.54 Å². The first kappa shape index (κ1) is 12.9. The molecule has 0 amide bonds. The van der Waals surface area contributed by atoms with Crippen LogP contribution < -0.4 is 10.9 Å². The Labute approximate surface area is 95.9 Å². The molecule has 1 atom stereocenters. The number of aliphatic hydroxyl groups excluding tert-OH is 1. The fraction of sp³-hybridized carbons (Fsp3) is 0.583. The predicted octanol–water partition coefficient (Wildman–Crippen LogP) is 0.516. The molecular weight excluding hydrogens is 204 g/mol. The van der Waals surface area contributed by atoms with Crippen molar-refractivity contribution in [3.63, 3.8) is 0 Å². The SMILES string of the molecule is Cc1cccn(CC(O)CNC(C)C)c1=O. The van der Waals surface area contributed by atoms with Crippen LogP contribution in [0.15, 0.2) is 23.1 Å². The van der Waals surface area contributed by atoms with Crippen LogP contribution in [-0.4, -0.2) is 28.4 Å². The summed E-state index contributed by atoms with van der Waals surface area (Å²) in [7, 11) is 0. The van der Waals surface area contributed by atoms with Gasteiger partial charge in [-0.3, -0.25) is 4.79 Å². The van der Waals surface area contributed by atoms with Gasteiger partial charge in [0.25, 0.3) is 5.56 Å². The molecule has 0 aromatic carbocycles. The van der Waals surface area contributed by atoms with Gasteiger partial charge in [0.05, 0.1) is 12.6 Å². The van der Waals surface area contributed by atoms with Crippen molar-refractivity contribution in [3.8, 4) is 0 Å². The lowest BCUT2D eigenvalue weighted by molar-refractivity contribution is 0.147. The van der Waals surface area contributed by atoms with Crippen molar-refractivity contribution in [1.29, 1.82) is 0 Å². The van der Waals surface area contributed by atoms with Crippen LogP contribution in [0.25, 0.3) is 0 Å². The van der Waals surface area contributed by atoms with E-state index in [1.165, 1.54) is 0 Å². The quantitative estimate of drug-likeness (QED) is 0.766. The number of aliphatic hydroxyl groups is 1. The zero-order valence-corrected chi connectivity index (χ0v) is 10.1. The summed E-state index contributed by atoms with van der Waals surface area (Å²) >= 11 is 0. The van der Waals surface area contributed by atoms with Crippen LogP contribution in [0.2, 0.25) is 0 Å². The molecule has 1 unspecified atom stereocenters. The molecule has 16 heavy (non-hydrogen) atoms. The van der Waals surface area contributed by atoms with E-state index in [0.717, 1.165) is 0 Å². The molecule has 4 heteroatoms. The van der Waals surface area contributed by atoms with Gasteiger partial charge in [0.15, 0.2) is 0 Å². The van der Waals surface area contributed by atoms with Gasteiger partial charge in [-0.2, -0.15) is 0 Å². The van der Waals surface area contributed by atoms with Gasteiger partial charge >= 0.3 is 0 Å². The minimum Gasteiger partial charge on any atom is -0.390 e. The van der Waals surface area contributed by atoms with Crippen molar-refractivity contribution in [1.82, 2.24) is 9.88 Å². The topological polar surface area (TPSA) is 54.3 Å². The number of hydrogen-bond acceptors (Lipinski definition) is 3. The molecule has 0 aliphatic rings. The number of nitrogens with zero attached hydrogens (tertiary/aromatic N) is 1. The lowest BCUT2D eigenvalue weighted by Crippen LogP contribution is -2.36. The summed E-state index contributed by atoms with van der Waals surface area (Å²) in [6.07, 6.45) is 1.16. The van der Waals surface area contributed by atoms with E-state index in [0.29, 0.717) is 24.7 Å². The fourth-order valence-electron chi connectivity index (χ4n) is 1.46. The first-order valence-electron chi connectivity index (χ1n) is 5.58. The molecule has 0 spiro atoms. The van der Waals surface area contributed by atoms with Crippen molar-refractivity contribution < 1.29 is 5.11 Å². The highest BCUT2D eigenvalue weighted by atomic mass is 16.3. The maximum absolute atomic E-state index is 11.7. The Kier molecular flexibility index (Phi) is 4.71. The van der Waals surface area contributed by atoms with E-state index < -0.39 is 6.10 Å². The average molecular weight is 224 g/mol. The zero-order valence-electron chi connectivity index (χ0n) is 10.1. The molecule has 0 saturated heterocycles. The van der Waals surface area contributed by atoms with E-state index in [1.54, 1.807) is 23.8 Å². The zero-order chi connectivity index (χ0) is 12.1. The Bertz CT molecular complexity index is 385. The van der Waals surface area contributed by atoms with E-state index in [-0.39, 0.29) is 5.56 Å². The minimum atomic E-state index is -0.540. The molecule has 0 radical (unpaired) electrons. The van der Waals surface area contributed by atoms with Crippen molar-refractivity contribution in [2.45, 2.75) is 39.5 Å². The van der Waals surface area contributed by atoms with Crippen LogP contribution in [0.4, 0.5) is 0 Å². The molecule has 1 aromatic rings. The summed E-state index contributed by atoms with van der Waals surface area (Å²) in [5.41, 5.74) is 0.664. The number of rotatable bonds is 5. The van der Waals surface area contributed by atoms with E-state index >= 15 is 0 Å². The maximum Gasteiger partial charge on any atom is 0.253 e. The van der Waals surface area contributed by atoms with E-state index in [4.69, 9.17) is 0 Å². The summed E-state index contributed by atoms with van der Waals surface area (Å²) in [5.74, 6) is 0. The Morgan fingerprint density at radius 2 is 2.19 bits per heavy atom. The van der Waals surface area contributed by atoms with Crippen LogP contribution in [0.1, 0.15) is 19.4 Å². The second-order valence-electron chi connectivity index (χ2n) is 4.37. The molecule has 0 bridgehead atoms. The molecule has 2 N–H and O–H groups in total. The Morgan fingerprint density at radius 3 is 2.81 bits per heavy atom. The number of pyridine rings is 1. The van der Waals surface area contributed by atoms with E-state index in [1.807, 2.05) is 19.9 Å². The largest absolute Gasteiger partial charge is 0.390 e. The van der Waals surface area contributed by atoms with Gasteiger partial charge in [0, 0.05) is 24.3 Å². The van der Waals surface area contributed by atoms with E-state index in [9.17, 15) is 9.90 Å². The first-order chi connectivity index (χ1) is 7.50. The summed E-state index contributed by atoms with van der Waals surface area (Å²) in [4.78, 5) is 11.7. The van der Waals surface area contributed by atoms with Crippen LogP contribution in [-0.2, 0) is 6.54 Å². The summed E-state index contributed by atoms with van der Waals surface area (Å²) < 4.78 is 1.54. The molecule has 4 nitrogen and oxygen atoms in total. The maximum atomic E-state index is 11.7. The number of nitrogens with one attached hydrogen (secondary N) is 1. The molecule has 0 aliphatic heterocycles. The highest BCUT2D eigenvalue weighted by Gasteiger charge is 2.07. The fourth-order valence-corrected chi connectivity index (χ4v) is 1.46. The van der Waals surface area contributed by atoms with Gasteiger partial charge in [-0.1, -0.05) is 19.9 Å². The third-order valence-corrected chi connectivity index (χ3v) is 2.38. The van der Waals surface area contributed by atoms with Crippen LogP contribution in [0, 0.1) is 6.92 Å². The summed E-state index contributed by atoms with van der Waals surface area (Å²) in [6.45, 7) is 6.65. The molecule has 1 aromatic heterocycles. The van der Waals surface area contributed by atoms with Crippen molar-refractivity contribution in [3.05, 3.63) is 34.2 Å². The van der Waals surface area contributed by atoms with Crippen LogP contribution in [0.5, 0.6) is 0 Å². The molecule has 1 rings (SSSR count). The number of aromatic nitrogens is 1. The van der Waals surface area contributed by atoms with Gasteiger partial charge in [-0.15, -0.1) is 0 Å². The second kappa shape index (κ2) is 5.82. The Balaban J connectivity index is 2.59. The van der Waals surface area contributed by atoms with Crippen molar-refractivity contribution in [2.24, 2.45) is 0 Å². The normalized spacial score (nSPS) is 13.1.